The van der Waals surface area contributed by atoms with Crippen LogP contribution in [-0.4, -0.2) is 96.8 Å². The number of ether oxygens (including phenoxy) is 1. The SMILES string of the molecule is N#Cc1ccc(N2CCN(C(=O)C3CC(OC[C@@H]4CCCN4C4CNNC(=O)C4C(F)(F)F)C3)CC2)nc1. The van der Waals surface area contributed by atoms with E-state index in [0.29, 0.717) is 57.7 Å². The van der Waals surface area contributed by atoms with E-state index in [1.807, 2.05) is 11.0 Å². The van der Waals surface area contributed by atoms with Crippen LogP contribution in [-0.2, 0) is 14.3 Å². The number of nitriles is 1. The topological polar surface area (TPSA) is 114 Å². The summed E-state index contributed by atoms with van der Waals surface area (Å²) >= 11 is 0. The van der Waals surface area contributed by atoms with Gasteiger partial charge in [-0.15, -0.1) is 0 Å². The first-order chi connectivity index (χ1) is 18.2. The molecule has 0 bridgehead atoms. The lowest BCUT2D eigenvalue weighted by atomic mass is 9.81. The predicted molar refractivity (Wildman–Crippen MR) is 129 cm³/mol. The normalized spacial score (nSPS) is 30.5. The number of aromatic nitrogens is 1. The van der Waals surface area contributed by atoms with Gasteiger partial charge in [-0.25, -0.2) is 10.4 Å². The van der Waals surface area contributed by atoms with Crippen LogP contribution in [0.2, 0.25) is 0 Å². The average molecular weight is 536 g/mol. The van der Waals surface area contributed by atoms with Gasteiger partial charge in [-0.3, -0.25) is 19.9 Å². The molecule has 2 amide bonds. The number of carbonyl (C=O) groups is 2. The molecule has 3 aliphatic heterocycles. The number of hydrogen-bond donors (Lipinski definition) is 2. The van der Waals surface area contributed by atoms with Crippen LogP contribution in [0.5, 0.6) is 0 Å². The van der Waals surface area contributed by atoms with Crippen molar-refractivity contribution in [3.63, 3.8) is 0 Å². The highest BCUT2D eigenvalue weighted by atomic mass is 19.4. The fourth-order valence-corrected chi connectivity index (χ4v) is 5.97. The van der Waals surface area contributed by atoms with E-state index >= 15 is 0 Å². The maximum atomic E-state index is 13.6. The maximum Gasteiger partial charge on any atom is 0.402 e. The van der Waals surface area contributed by atoms with Gasteiger partial charge in [0.15, 0.2) is 5.92 Å². The van der Waals surface area contributed by atoms with Crippen LogP contribution >= 0.6 is 0 Å². The summed E-state index contributed by atoms with van der Waals surface area (Å²) in [5.41, 5.74) is 5.22. The van der Waals surface area contributed by atoms with Crippen molar-refractivity contribution in [3.05, 3.63) is 23.9 Å². The highest BCUT2D eigenvalue weighted by Crippen LogP contribution is 2.37. The number of piperazine rings is 1. The van der Waals surface area contributed by atoms with Crippen molar-refractivity contribution in [1.29, 1.82) is 5.26 Å². The first-order valence-corrected chi connectivity index (χ1v) is 13.1. The fourth-order valence-electron chi connectivity index (χ4n) is 5.97. The van der Waals surface area contributed by atoms with Crippen molar-refractivity contribution in [3.8, 4) is 6.07 Å². The lowest BCUT2D eigenvalue weighted by molar-refractivity contribution is -0.202. The molecule has 4 fully saturated rings. The van der Waals surface area contributed by atoms with E-state index in [4.69, 9.17) is 10.00 Å². The molecule has 38 heavy (non-hydrogen) atoms. The summed E-state index contributed by atoms with van der Waals surface area (Å²) in [4.78, 5) is 35.0. The van der Waals surface area contributed by atoms with Gasteiger partial charge in [-0.05, 0) is 44.4 Å². The van der Waals surface area contributed by atoms with Gasteiger partial charge in [0.05, 0.1) is 18.3 Å². The number of anilines is 1. The zero-order valence-corrected chi connectivity index (χ0v) is 21.0. The molecular weight excluding hydrogens is 503 g/mol. The Kier molecular flexibility index (Phi) is 7.74. The Labute approximate surface area is 219 Å². The van der Waals surface area contributed by atoms with Crippen LogP contribution in [0.4, 0.5) is 19.0 Å². The van der Waals surface area contributed by atoms with Crippen molar-refractivity contribution in [2.75, 3.05) is 50.8 Å². The van der Waals surface area contributed by atoms with Crippen LogP contribution in [0, 0.1) is 23.2 Å². The molecule has 5 rings (SSSR count). The molecule has 13 heteroatoms. The van der Waals surface area contributed by atoms with E-state index in [0.717, 1.165) is 18.7 Å². The maximum absolute atomic E-state index is 13.6. The number of pyridine rings is 1. The summed E-state index contributed by atoms with van der Waals surface area (Å²) in [5, 5.41) is 8.92. The summed E-state index contributed by atoms with van der Waals surface area (Å²) in [6.45, 7) is 3.36. The number of hydrogen-bond acceptors (Lipinski definition) is 8. The third-order valence-electron chi connectivity index (χ3n) is 8.15. The van der Waals surface area contributed by atoms with E-state index in [-0.39, 0.29) is 30.5 Å². The van der Waals surface area contributed by atoms with E-state index in [1.54, 1.807) is 17.2 Å². The fraction of sp³-hybridized carbons (Fsp3) is 0.680. The van der Waals surface area contributed by atoms with E-state index in [2.05, 4.69) is 26.8 Å². The summed E-state index contributed by atoms with van der Waals surface area (Å²) in [7, 11) is 0. The van der Waals surface area contributed by atoms with Gasteiger partial charge in [0, 0.05) is 56.9 Å². The van der Waals surface area contributed by atoms with Crippen LogP contribution in [0.3, 0.4) is 0 Å². The van der Waals surface area contributed by atoms with Gasteiger partial charge in [-0.2, -0.15) is 18.4 Å². The van der Waals surface area contributed by atoms with Crippen molar-refractivity contribution in [1.82, 2.24) is 25.6 Å². The number of carbonyl (C=O) groups excluding carboxylic acids is 2. The Morgan fingerprint density at radius 3 is 2.61 bits per heavy atom. The van der Waals surface area contributed by atoms with Crippen molar-refractivity contribution in [2.24, 2.45) is 11.8 Å². The summed E-state index contributed by atoms with van der Waals surface area (Å²) < 4.78 is 46.9. The van der Waals surface area contributed by atoms with Gasteiger partial charge < -0.3 is 14.5 Å². The van der Waals surface area contributed by atoms with Gasteiger partial charge in [-0.1, -0.05) is 0 Å². The monoisotopic (exact) mass is 535 g/mol. The second kappa shape index (κ2) is 11.0. The molecule has 0 aromatic carbocycles. The smallest absolute Gasteiger partial charge is 0.377 e. The molecule has 4 aliphatic rings. The van der Waals surface area contributed by atoms with Gasteiger partial charge in [0.25, 0.3) is 0 Å². The molecule has 4 heterocycles. The molecule has 3 atom stereocenters. The van der Waals surface area contributed by atoms with Crippen molar-refractivity contribution in [2.45, 2.75) is 50.0 Å². The van der Waals surface area contributed by atoms with E-state index in [1.165, 1.54) is 0 Å². The number of alkyl halides is 3. The zero-order valence-electron chi connectivity index (χ0n) is 21.0. The quantitative estimate of drug-likeness (QED) is 0.556. The van der Waals surface area contributed by atoms with Gasteiger partial charge in [0.2, 0.25) is 11.8 Å². The van der Waals surface area contributed by atoms with Crippen LogP contribution < -0.4 is 15.8 Å². The second-order valence-corrected chi connectivity index (χ2v) is 10.4. The van der Waals surface area contributed by atoms with E-state index in [9.17, 15) is 22.8 Å². The average Bonchev–Trinajstić information content (AvgIpc) is 3.35. The lowest BCUT2D eigenvalue weighted by Gasteiger charge is -2.43. The largest absolute Gasteiger partial charge is 0.402 e. The van der Waals surface area contributed by atoms with Crippen LogP contribution in [0.15, 0.2) is 18.3 Å². The van der Waals surface area contributed by atoms with Crippen LogP contribution in [0.25, 0.3) is 0 Å². The molecule has 0 radical (unpaired) electrons. The zero-order chi connectivity index (χ0) is 26.9. The molecule has 1 aliphatic carbocycles. The number of hydrazine groups is 1. The minimum atomic E-state index is -4.61. The number of nitrogens with one attached hydrogen (secondary N) is 2. The standard InChI is InChI=1S/C25H32F3N7O3/c26-25(27,28)22-20(14-31-32-23(22)36)35-5-1-2-18(35)15-38-19-10-17(11-19)24(37)34-8-6-33(7-9-34)21-4-3-16(12-29)13-30-21/h3-4,13,17-20,22,31H,1-2,5-11,14-15H2,(H,32,36)/t17?,18-,19?,20?,22?/m0/s1. The summed E-state index contributed by atoms with van der Waals surface area (Å²) in [6.07, 6.45) is -0.451. The molecule has 2 unspecified atom stereocenters. The minimum absolute atomic E-state index is 0.0287. The lowest BCUT2D eigenvalue weighted by Crippen LogP contribution is -2.65. The van der Waals surface area contributed by atoms with Crippen LogP contribution in [0.1, 0.15) is 31.2 Å². The Balaban J connectivity index is 1.06. The third kappa shape index (κ3) is 5.57. The molecule has 206 valence electrons. The van der Waals surface area contributed by atoms with Gasteiger partial charge >= 0.3 is 6.18 Å². The number of halogens is 3. The molecule has 3 saturated heterocycles. The highest BCUT2D eigenvalue weighted by molar-refractivity contribution is 5.81. The molecule has 1 aromatic heterocycles. The Morgan fingerprint density at radius 1 is 1.18 bits per heavy atom. The first kappa shape index (κ1) is 26.6. The highest BCUT2D eigenvalue weighted by Gasteiger charge is 2.54. The molecule has 1 aromatic rings. The van der Waals surface area contributed by atoms with E-state index < -0.39 is 24.0 Å². The number of nitrogens with zero attached hydrogens (tertiary/aromatic N) is 5. The number of amides is 2. The molecule has 2 N–H and O–H groups in total. The first-order valence-electron chi connectivity index (χ1n) is 13.1. The molecule has 10 nitrogen and oxygen atoms in total. The Bertz CT molecular complexity index is 1050. The summed E-state index contributed by atoms with van der Waals surface area (Å²) in [5.74, 6) is -2.30. The predicted octanol–water partition coefficient (Wildman–Crippen LogP) is 1.04. The molecule has 0 spiro atoms. The minimum Gasteiger partial charge on any atom is -0.377 e. The summed E-state index contributed by atoms with van der Waals surface area (Å²) in [6, 6.07) is 4.46. The number of rotatable bonds is 6. The second-order valence-electron chi connectivity index (χ2n) is 10.4. The number of likely N-dealkylation sites (tertiary alicyclic amines) is 1. The third-order valence-corrected chi connectivity index (χ3v) is 8.15. The Hall–Kier alpha value is -2.95. The molecular formula is C25H32F3N7O3. The molecule has 1 saturated carbocycles. The Morgan fingerprint density at radius 2 is 1.95 bits per heavy atom. The van der Waals surface area contributed by atoms with Crippen molar-refractivity contribution >= 4 is 17.6 Å². The van der Waals surface area contributed by atoms with Gasteiger partial charge in [0.1, 0.15) is 11.9 Å². The van der Waals surface area contributed by atoms with Crippen molar-refractivity contribution < 1.29 is 27.5 Å².